The van der Waals surface area contributed by atoms with Gasteiger partial charge in [0, 0.05) is 62.5 Å². The summed E-state index contributed by atoms with van der Waals surface area (Å²) in [7, 11) is 0. The van der Waals surface area contributed by atoms with Gasteiger partial charge in [0.25, 0.3) is 0 Å². The Bertz CT molecular complexity index is 1130. The monoisotopic (exact) mass is 527 g/mol. The zero-order valence-electron chi connectivity index (χ0n) is 22.9. The zero-order valence-corrected chi connectivity index (χ0v) is 22.9. The average Bonchev–Trinajstić information content (AvgIpc) is 3.26. The molecule has 0 aromatic carbocycles. The summed E-state index contributed by atoms with van der Waals surface area (Å²) < 4.78 is 9.61. The standard InChI is InChI=1S/C27H41N7O4/c1-5-32-14-19(13-29-32)23-18(7-6-10-38-23)12-28-25(36)22-11-20(35)15-33(22)26(37)24(27(2,3)4)34-16-21(30-31-34)17-8-9-17/h13-14,16-18,20,22-24,35H,5-12,15H2,1-4H3,(H,28,36)/t18-,20+,22-,23+,24+/m0/s1. The fourth-order valence-corrected chi connectivity index (χ4v) is 5.80. The van der Waals surface area contributed by atoms with Crippen LogP contribution in [0.2, 0.25) is 0 Å². The van der Waals surface area contributed by atoms with Crippen molar-refractivity contribution >= 4 is 11.8 Å². The van der Waals surface area contributed by atoms with Crippen molar-refractivity contribution in [2.24, 2.45) is 11.3 Å². The number of amides is 2. The van der Waals surface area contributed by atoms with E-state index in [1.165, 1.54) is 4.90 Å². The summed E-state index contributed by atoms with van der Waals surface area (Å²) in [6.45, 7) is 10.0. The lowest BCUT2D eigenvalue weighted by molar-refractivity contribution is -0.144. The fourth-order valence-electron chi connectivity index (χ4n) is 5.80. The summed E-state index contributed by atoms with van der Waals surface area (Å²) in [5.41, 5.74) is 1.47. The number of nitrogens with zero attached hydrogens (tertiary/aromatic N) is 6. The predicted octanol–water partition coefficient (Wildman–Crippen LogP) is 2.21. The number of hydrogen-bond donors (Lipinski definition) is 2. The van der Waals surface area contributed by atoms with Gasteiger partial charge >= 0.3 is 0 Å². The smallest absolute Gasteiger partial charge is 0.248 e. The number of aromatic nitrogens is 5. The second-order valence-corrected chi connectivity index (χ2v) is 12.1. The van der Waals surface area contributed by atoms with Crippen LogP contribution in [0.15, 0.2) is 18.6 Å². The van der Waals surface area contributed by atoms with Crippen LogP contribution in [0.3, 0.4) is 0 Å². The summed E-state index contributed by atoms with van der Waals surface area (Å²) in [4.78, 5) is 28.9. The maximum absolute atomic E-state index is 13.9. The van der Waals surface area contributed by atoms with E-state index in [2.05, 4.69) is 20.7 Å². The van der Waals surface area contributed by atoms with E-state index in [-0.39, 0.29) is 36.8 Å². The number of aliphatic hydroxyl groups excluding tert-OH is 1. The molecule has 2 amide bonds. The number of likely N-dealkylation sites (tertiary alicyclic amines) is 1. The zero-order chi connectivity index (χ0) is 27.0. The van der Waals surface area contributed by atoms with E-state index in [0.29, 0.717) is 19.1 Å². The minimum atomic E-state index is -0.751. The summed E-state index contributed by atoms with van der Waals surface area (Å²) >= 11 is 0. The van der Waals surface area contributed by atoms with Crippen molar-refractivity contribution in [3.05, 3.63) is 29.8 Å². The maximum Gasteiger partial charge on any atom is 0.248 e. The molecule has 208 valence electrons. The second kappa shape index (κ2) is 10.8. The highest BCUT2D eigenvalue weighted by Gasteiger charge is 2.45. The fraction of sp³-hybridized carbons (Fsp3) is 0.741. The van der Waals surface area contributed by atoms with Crippen LogP contribution in [-0.4, -0.2) is 78.4 Å². The Morgan fingerprint density at radius 3 is 2.71 bits per heavy atom. The summed E-state index contributed by atoms with van der Waals surface area (Å²) in [6, 6.07) is -1.37. The molecule has 2 saturated heterocycles. The highest BCUT2D eigenvalue weighted by atomic mass is 16.5. The number of hydrogen-bond acceptors (Lipinski definition) is 7. The maximum atomic E-state index is 13.9. The predicted molar refractivity (Wildman–Crippen MR) is 139 cm³/mol. The molecular weight excluding hydrogens is 486 g/mol. The van der Waals surface area contributed by atoms with Crippen LogP contribution in [-0.2, 0) is 20.9 Å². The number of carbonyl (C=O) groups excluding carboxylic acids is 2. The highest BCUT2D eigenvalue weighted by Crippen LogP contribution is 2.40. The van der Waals surface area contributed by atoms with Crippen LogP contribution in [0.25, 0.3) is 0 Å². The molecule has 0 radical (unpaired) electrons. The number of rotatable bonds is 8. The molecule has 2 aromatic rings. The van der Waals surface area contributed by atoms with E-state index in [1.54, 1.807) is 4.68 Å². The molecule has 11 heteroatoms. The first-order valence-electron chi connectivity index (χ1n) is 14.0. The first-order valence-corrected chi connectivity index (χ1v) is 14.0. The van der Waals surface area contributed by atoms with Crippen LogP contribution >= 0.6 is 0 Å². The van der Waals surface area contributed by atoms with E-state index in [4.69, 9.17) is 4.74 Å². The van der Waals surface area contributed by atoms with Crippen molar-refractivity contribution in [2.45, 2.75) is 96.6 Å². The van der Waals surface area contributed by atoms with Gasteiger partial charge in [-0.1, -0.05) is 26.0 Å². The van der Waals surface area contributed by atoms with Gasteiger partial charge < -0.3 is 20.1 Å². The van der Waals surface area contributed by atoms with Gasteiger partial charge in [-0.25, -0.2) is 4.68 Å². The first-order chi connectivity index (χ1) is 18.2. The normalized spacial score (nSPS) is 26.9. The number of aryl methyl sites for hydroxylation is 1. The lowest BCUT2D eigenvalue weighted by atomic mass is 9.85. The Kier molecular flexibility index (Phi) is 7.59. The van der Waals surface area contributed by atoms with Crippen molar-refractivity contribution < 1.29 is 19.4 Å². The van der Waals surface area contributed by atoms with Crippen LogP contribution < -0.4 is 5.32 Å². The lowest BCUT2D eigenvalue weighted by Gasteiger charge is -2.35. The second-order valence-electron chi connectivity index (χ2n) is 12.1. The molecule has 11 nitrogen and oxygen atoms in total. The molecule has 0 unspecified atom stereocenters. The Balaban J connectivity index is 1.28. The van der Waals surface area contributed by atoms with Crippen molar-refractivity contribution in [1.29, 1.82) is 0 Å². The number of β-amino-alcohol motifs (C(OH)–C–C–N with tert-alkyl or cyclic N) is 1. The minimum absolute atomic E-state index is 0.107. The first kappa shape index (κ1) is 26.8. The van der Waals surface area contributed by atoms with Crippen molar-refractivity contribution in [3.63, 3.8) is 0 Å². The molecule has 0 spiro atoms. The van der Waals surface area contributed by atoms with Gasteiger partial charge in [-0.2, -0.15) is 5.10 Å². The number of ether oxygens (including phenoxy) is 1. The Labute approximate surface area is 223 Å². The number of carbonyl (C=O) groups is 2. The quantitative estimate of drug-likeness (QED) is 0.539. The molecule has 4 heterocycles. The largest absolute Gasteiger partial charge is 0.391 e. The summed E-state index contributed by atoms with van der Waals surface area (Å²) in [5, 5.41) is 26.6. The van der Waals surface area contributed by atoms with Gasteiger partial charge in [-0.15, -0.1) is 5.10 Å². The van der Waals surface area contributed by atoms with Crippen LogP contribution in [0.1, 0.15) is 89.1 Å². The molecule has 1 aliphatic carbocycles. The Morgan fingerprint density at radius 1 is 1.24 bits per heavy atom. The average molecular weight is 528 g/mol. The van der Waals surface area contributed by atoms with Gasteiger partial charge in [-0.05, 0) is 38.0 Å². The van der Waals surface area contributed by atoms with E-state index in [1.807, 2.05) is 51.0 Å². The third kappa shape index (κ3) is 5.63. The Hall–Kier alpha value is -2.79. The minimum Gasteiger partial charge on any atom is -0.391 e. The molecule has 3 aliphatic rings. The van der Waals surface area contributed by atoms with E-state index in [9.17, 15) is 14.7 Å². The highest BCUT2D eigenvalue weighted by molar-refractivity contribution is 5.90. The molecule has 2 N–H and O–H groups in total. The molecule has 5 rings (SSSR count). The van der Waals surface area contributed by atoms with Gasteiger partial charge in [0.15, 0.2) is 0 Å². The SMILES string of the molecule is CCn1cc([C@@H]2OCCC[C@H]2CNC(=O)[C@@H]2C[C@@H](O)CN2C(=O)[C@@H](n2cc(C3CC3)nn2)C(C)(C)C)cn1. The molecule has 5 atom stereocenters. The van der Waals surface area contributed by atoms with Crippen LogP contribution in [0.4, 0.5) is 0 Å². The topological polar surface area (TPSA) is 127 Å². The number of nitrogens with one attached hydrogen (secondary N) is 1. The third-order valence-corrected chi connectivity index (χ3v) is 8.00. The molecule has 2 aliphatic heterocycles. The third-order valence-electron chi connectivity index (χ3n) is 8.00. The molecule has 0 bridgehead atoms. The molecule has 2 aromatic heterocycles. The number of aliphatic hydroxyl groups is 1. The van der Waals surface area contributed by atoms with Gasteiger partial charge in [0.2, 0.25) is 11.8 Å². The summed E-state index contributed by atoms with van der Waals surface area (Å²) in [5.74, 6) is 0.0761. The van der Waals surface area contributed by atoms with Crippen LogP contribution in [0.5, 0.6) is 0 Å². The molecular formula is C27H41N7O4. The van der Waals surface area contributed by atoms with Crippen molar-refractivity contribution in [1.82, 2.24) is 35.0 Å². The molecule has 3 fully saturated rings. The Morgan fingerprint density at radius 2 is 2.03 bits per heavy atom. The van der Waals surface area contributed by atoms with E-state index in [0.717, 1.165) is 43.5 Å². The lowest BCUT2D eigenvalue weighted by Crippen LogP contribution is -2.51. The van der Waals surface area contributed by atoms with Gasteiger partial charge in [0.1, 0.15) is 12.1 Å². The van der Waals surface area contributed by atoms with E-state index < -0.39 is 23.6 Å². The van der Waals surface area contributed by atoms with Gasteiger partial charge in [0.05, 0.1) is 24.1 Å². The van der Waals surface area contributed by atoms with E-state index >= 15 is 0 Å². The molecule has 38 heavy (non-hydrogen) atoms. The van der Waals surface area contributed by atoms with Crippen molar-refractivity contribution in [3.8, 4) is 0 Å². The van der Waals surface area contributed by atoms with Crippen molar-refractivity contribution in [2.75, 3.05) is 19.7 Å². The molecule has 1 saturated carbocycles. The van der Waals surface area contributed by atoms with Crippen LogP contribution in [0, 0.1) is 11.3 Å². The van der Waals surface area contributed by atoms with Gasteiger partial charge in [-0.3, -0.25) is 14.3 Å². The summed E-state index contributed by atoms with van der Waals surface area (Å²) in [6.07, 6.45) is 9.11.